The Bertz CT molecular complexity index is 737. The predicted octanol–water partition coefficient (Wildman–Crippen LogP) is 3.28. The molecule has 0 aromatic heterocycles. The number of benzene rings is 2. The molecule has 1 atom stereocenters. The highest BCUT2D eigenvalue weighted by Gasteiger charge is 2.20. The molecule has 5 nitrogen and oxygen atoms in total. The molecule has 1 unspecified atom stereocenters. The maximum Gasteiger partial charge on any atom is 0.317 e. The largest absolute Gasteiger partial charge is 0.496 e. The molecule has 140 valence electrons. The maximum absolute atomic E-state index is 13.3. The first-order valence-corrected chi connectivity index (χ1v) is 8.45. The van der Waals surface area contributed by atoms with Crippen molar-refractivity contribution < 1.29 is 13.9 Å². The van der Waals surface area contributed by atoms with Gasteiger partial charge in [-0.25, -0.2) is 9.18 Å². The molecule has 0 saturated carbocycles. The number of para-hydroxylation sites is 1. The van der Waals surface area contributed by atoms with E-state index in [9.17, 15) is 9.18 Å². The number of halogens is 1. The molecule has 6 heteroatoms. The number of nitrogens with one attached hydrogen (secondary N) is 1. The standard InChI is InChI=1S/C20H26FN3O2/c1-23(2)18(17-10-5-6-11-19(17)26-4)13-22-20(25)24(3)14-15-8-7-9-16(21)12-15/h5-12,18H,13-14H2,1-4H3,(H,22,25). The molecule has 0 aliphatic rings. The molecule has 2 aromatic rings. The topological polar surface area (TPSA) is 44.8 Å². The summed E-state index contributed by atoms with van der Waals surface area (Å²) in [5.74, 6) is 0.480. The van der Waals surface area contributed by atoms with Crippen LogP contribution in [-0.4, -0.2) is 50.6 Å². The Morgan fingerprint density at radius 1 is 1.15 bits per heavy atom. The van der Waals surface area contributed by atoms with Crippen molar-refractivity contribution in [3.8, 4) is 5.75 Å². The normalized spacial score (nSPS) is 11.9. The Labute approximate surface area is 154 Å². The van der Waals surface area contributed by atoms with Crippen LogP contribution < -0.4 is 10.1 Å². The fourth-order valence-corrected chi connectivity index (χ4v) is 2.81. The number of ether oxygens (including phenoxy) is 1. The minimum Gasteiger partial charge on any atom is -0.496 e. The highest BCUT2D eigenvalue weighted by Crippen LogP contribution is 2.27. The van der Waals surface area contributed by atoms with Gasteiger partial charge in [-0.05, 0) is 37.9 Å². The number of hydrogen-bond acceptors (Lipinski definition) is 3. The number of carbonyl (C=O) groups is 1. The average Bonchev–Trinajstić information content (AvgIpc) is 2.61. The Balaban J connectivity index is 2.00. The molecule has 0 aliphatic carbocycles. The summed E-state index contributed by atoms with van der Waals surface area (Å²) in [6.45, 7) is 0.768. The van der Waals surface area contributed by atoms with Gasteiger partial charge in [0, 0.05) is 25.7 Å². The summed E-state index contributed by atoms with van der Waals surface area (Å²) in [7, 11) is 7.24. The zero-order valence-corrected chi connectivity index (χ0v) is 15.7. The van der Waals surface area contributed by atoms with E-state index in [2.05, 4.69) is 5.32 Å². The summed E-state index contributed by atoms with van der Waals surface area (Å²) in [4.78, 5) is 16.0. The first kappa shape index (κ1) is 19.7. The first-order chi connectivity index (χ1) is 12.4. The van der Waals surface area contributed by atoms with Crippen molar-refractivity contribution >= 4 is 6.03 Å². The van der Waals surface area contributed by atoms with Crippen LogP contribution in [0.3, 0.4) is 0 Å². The third kappa shape index (κ3) is 5.20. The van der Waals surface area contributed by atoms with Gasteiger partial charge >= 0.3 is 6.03 Å². The van der Waals surface area contributed by atoms with Crippen LogP contribution in [-0.2, 0) is 6.54 Å². The van der Waals surface area contributed by atoms with Gasteiger partial charge in [0.05, 0.1) is 13.2 Å². The lowest BCUT2D eigenvalue weighted by Gasteiger charge is -2.27. The van der Waals surface area contributed by atoms with E-state index in [0.717, 1.165) is 16.9 Å². The number of amides is 2. The zero-order chi connectivity index (χ0) is 19.1. The summed E-state index contributed by atoms with van der Waals surface area (Å²) in [5, 5.41) is 2.94. The molecule has 0 fully saturated rings. The third-order valence-corrected chi connectivity index (χ3v) is 4.22. The van der Waals surface area contributed by atoms with Crippen molar-refractivity contribution in [3.63, 3.8) is 0 Å². The maximum atomic E-state index is 13.3. The van der Waals surface area contributed by atoms with Crippen molar-refractivity contribution in [3.05, 3.63) is 65.5 Å². The Kier molecular flexibility index (Phi) is 6.97. The summed E-state index contributed by atoms with van der Waals surface area (Å²) in [6, 6.07) is 13.8. The number of methoxy groups -OCH3 is 1. The third-order valence-electron chi connectivity index (χ3n) is 4.22. The molecule has 0 radical (unpaired) electrons. The zero-order valence-electron chi connectivity index (χ0n) is 15.7. The van der Waals surface area contributed by atoms with Crippen molar-refractivity contribution in [1.82, 2.24) is 15.1 Å². The number of urea groups is 1. The van der Waals surface area contributed by atoms with Gasteiger partial charge < -0.3 is 19.9 Å². The molecule has 2 aromatic carbocycles. The molecule has 26 heavy (non-hydrogen) atoms. The fraction of sp³-hybridized carbons (Fsp3) is 0.350. The second kappa shape index (κ2) is 9.20. The Hall–Kier alpha value is -2.60. The molecule has 2 amide bonds. The van der Waals surface area contributed by atoms with E-state index in [1.165, 1.54) is 17.0 Å². The minimum atomic E-state index is -0.305. The van der Waals surface area contributed by atoms with Gasteiger partial charge in [0.1, 0.15) is 11.6 Å². The SMILES string of the molecule is COc1ccccc1C(CNC(=O)N(C)Cc1cccc(F)c1)N(C)C. The van der Waals surface area contributed by atoms with Crippen LogP contribution in [0.2, 0.25) is 0 Å². The van der Waals surface area contributed by atoms with Gasteiger partial charge in [-0.15, -0.1) is 0 Å². The summed E-state index contributed by atoms with van der Waals surface area (Å²) in [6.07, 6.45) is 0. The quantitative estimate of drug-likeness (QED) is 0.825. The van der Waals surface area contributed by atoms with E-state index in [4.69, 9.17) is 4.74 Å². The predicted molar refractivity (Wildman–Crippen MR) is 101 cm³/mol. The highest BCUT2D eigenvalue weighted by molar-refractivity contribution is 5.73. The summed E-state index contributed by atoms with van der Waals surface area (Å²) in [5.41, 5.74) is 1.75. The van der Waals surface area contributed by atoms with Gasteiger partial charge in [-0.3, -0.25) is 0 Å². The van der Waals surface area contributed by atoms with Gasteiger partial charge in [-0.1, -0.05) is 30.3 Å². The molecule has 0 aliphatic heterocycles. The van der Waals surface area contributed by atoms with E-state index in [1.807, 2.05) is 43.3 Å². The van der Waals surface area contributed by atoms with Gasteiger partial charge in [0.2, 0.25) is 0 Å². The van der Waals surface area contributed by atoms with Gasteiger partial charge in [0.15, 0.2) is 0 Å². The molecule has 2 rings (SSSR count). The van der Waals surface area contributed by atoms with E-state index >= 15 is 0 Å². The smallest absolute Gasteiger partial charge is 0.317 e. The van der Waals surface area contributed by atoms with Crippen LogP contribution in [0.25, 0.3) is 0 Å². The summed E-state index contributed by atoms with van der Waals surface area (Å²) >= 11 is 0. The molecular weight excluding hydrogens is 333 g/mol. The number of rotatable bonds is 7. The number of carbonyl (C=O) groups excluding carboxylic acids is 1. The van der Waals surface area contributed by atoms with Crippen molar-refractivity contribution in [2.75, 3.05) is 34.8 Å². The van der Waals surface area contributed by atoms with Crippen molar-refractivity contribution in [2.45, 2.75) is 12.6 Å². The molecular formula is C20H26FN3O2. The molecule has 1 N–H and O–H groups in total. The molecule has 0 spiro atoms. The van der Waals surface area contributed by atoms with E-state index in [1.54, 1.807) is 26.3 Å². The minimum absolute atomic E-state index is 0.0299. The number of nitrogens with zero attached hydrogens (tertiary/aromatic N) is 2. The van der Waals surface area contributed by atoms with Gasteiger partial charge in [0.25, 0.3) is 0 Å². The van der Waals surface area contributed by atoms with Crippen molar-refractivity contribution in [1.29, 1.82) is 0 Å². The second-order valence-electron chi connectivity index (χ2n) is 6.39. The fourth-order valence-electron chi connectivity index (χ4n) is 2.81. The molecule has 0 bridgehead atoms. The van der Waals surface area contributed by atoms with E-state index < -0.39 is 0 Å². The molecule has 0 saturated heterocycles. The van der Waals surface area contributed by atoms with Crippen LogP contribution >= 0.6 is 0 Å². The van der Waals surface area contributed by atoms with Crippen LogP contribution in [0, 0.1) is 5.82 Å². The number of hydrogen-bond donors (Lipinski definition) is 1. The molecule has 0 heterocycles. The second-order valence-corrected chi connectivity index (χ2v) is 6.39. The number of likely N-dealkylation sites (N-methyl/N-ethyl adjacent to an activating group) is 1. The van der Waals surface area contributed by atoms with Crippen LogP contribution in [0.4, 0.5) is 9.18 Å². The van der Waals surface area contributed by atoms with Crippen molar-refractivity contribution in [2.24, 2.45) is 0 Å². The van der Waals surface area contributed by atoms with Gasteiger partial charge in [-0.2, -0.15) is 0 Å². The summed E-state index contributed by atoms with van der Waals surface area (Å²) < 4.78 is 18.7. The van der Waals surface area contributed by atoms with E-state index in [0.29, 0.717) is 13.1 Å². The van der Waals surface area contributed by atoms with E-state index in [-0.39, 0.29) is 17.9 Å². The Morgan fingerprint density at radius 2 is 1.88 bits per heavy atom. The highest BCUT2D eigenvalue weighted by atomic mass is 19.1. The Morgan fingerprint density at radius 3 is 2.54 bits per heavy atom. The lowest BCUT2D eigenvalue weighted by atomic mass is 10.0. The lowest BCUT2D eigenvalue weighted by Crippen LogP contribution is -2.41. The van der Waals surface area contributed by atoms with Crippen LogP contribution in [0.1, 0.15) is 17.2 Å². The van der Waals surface area contributed by atoms with Crippen LogP contribution in [0.15, 0.2) is 48.5 Å². The van der Waals surface area contributed by atoms with Crippen LogP contribution in [0.5, 0.6) is 5.75 Å². The lowest BCUT2D eigenvalue weighted by molar-refractivity contribution is 0.200. The monoisotopic (exact) mass is 359 g/mol. The first-order valence-electron chi connectivity index (χ1n) is 8.45. The average molecular weight is 359 g/mol.